The summed E-state index contributed by atoms with van der Waals surface area (Å²) in [6.45, 7) is 0.679. The van der Waals surface area contributed by atoms with E-state index in [1.165, 1.54) is 12.0 Å². The maximum atomic E-state index is 6.05. The third-order valence-corrected chi connectivity index (χ3v) is 3.55. The van der Waals surface area contributed by atoms with Crippen LogP contribution in [0, 0.1) is 0 Å². The first-order chi connectivity index (χ1) is 8.81. The lowest BCUT2D eigenvalue weighted by Gasteiger charge is -2.28. The van der Waals surface area contributed by atoms with Crippen molar-refractivity contribution in [1.29, 1.82) is 0 Å². The molecule has 0 bridgehead atoms. The molecule has 1 fully saturated rings. The molecule has 2 N–H and O–H groups in total. The third kappa shape index (κ3) is 3.72. The molecule has 2 atom stereocenters. The molecule has 18 heavy (non-hydrogen) atoms. The lowest BCUT2D eigenvalue weighted by atomic mass is 9.95. The quantitative estimate of drug-likeness (QED) is 0.872. The van der Waals surface area contributed by atoms with Crippen LogP contribution in [0.3, 0.4) is 0 Å². The van der Waals surface area contributed by atoms with E-state index in [9.17, 15) is 0 Å². The van der Waals surface area contributed by atoms with Crippen LogP contribution in [0.2, 0.25) is 0 Å². The van der Waals surface area contributed by atoms with Gasteiger partial charge in [-0.2, -0.15) is 0 Å². The predicted octanol–water partition coefficient (Wildman–Crippen LogP) is 2.52. The first-order valence-corrected chi connectivity index (χ1v) is 6.80. The lowest BCUT2D eigenvalue weighted by molar-refractivity contribution is 0.0209. The highest BCUT2D eigenvalue weighted by atomic mass is 16.5. The van der Waals surface area contributed by atoms with Gasteiger partial charge in [-0.15, -0.1) is 0 Å². The first kappa shape index (κ1) is 13.4. The summed E-state index contributed by atoms with van der Waals surface area (Å²) in [5.74, 6) is 0.961. The van der Waals surface area contributed by atoms with Crippen LogP contribution in [0.5, 0.6) is 5.75 Å². The average molecular weight is 249 g/mol. The molecule has 0 radical (unpaired) electrons. The molecule has 1 aliphatic carbocycles. The van der Waals surface area contributed by atoms with Gasteiger partial charge in [-0.05, 0) is 49.9 Å². The number of hydrogen-bond acceptors (Lipinski definition) is 3. The number of ether oxygens (including phenoxy) is 2. The smallest absolute Gasteiger partial charge is 0.119 e. The van der Waals surface area contributed by atoms with E-state index in [-0.39, 0.29) is 6.10 Å². The van der Waals surface area contributed by atoms with E-state index >= 15 is 0 Å². The molecule has 1 aliphatic rings. The maximum Gasteiger partial charge on any atom is 0.119 e. The van der Waals surface area contributed by atoms with Gasteiger partial charge in [0.25, 0.3) is 0 Å². The standard InChI is InChI=1S/C15H23NO2/c1-17-13-5-3-7-15(11-13)18-14-6-2-4-12(10-14)8-9-16/h2,4,6,10,13,15H,3,5,7-9,11,16H2,1H3. The van der Waals surface area contributed by atoms with Gasteiger partial charge >= 0.3 is 0 Å². The van der Waals surface area contributed by atoms with Gasteiger partial charge in [0.15, 0.2) is 0 Å². The van der Waals surface area contributed by atoms with Crippen molar-refractivity contribution in [2.24, 2.45) is 5.73 Å². The van der Waals surface area contributed by atoms with Crippen LogP contribution in [0.1, 0.15) is 31.2 Å². The van der Waals surface area contributed by atoms with E-state index in [1.54, 1.807) is 7.11 Å². The summed E-state index contributed by atoms with van der Waals surface area (Å²) < 4.78 is 11.5. The van der Waals surface area contributed by atoms with E-state index in [1.807, 2.05) is 12.1 Å². The molecule has 0 aromatic heterocycles. The molecule has 2 rings (SSSR count). The Labute approximate surface area is 109 Å². The second kappa shape index (κ2) is 6.76. The fraction of sp³-hybridized carbons (Fsp3) is 0.600. The van der Waals surface area contributed by atoms with Crippen LogP contribution in [0.25, 0.3) is 0 Å². The van der Waals surface area contributed by atoms with Gasteiger partial charge in [0, 0.05) is 13.5 Å². The summed E-state index contributed by atoms with van der Waals surface area (Å²) in [5, 5.41) is 0. The number of hydrogen-bond donors (Lipinski definition) is 1. The average Bonchev–Trinajstić information content (AvgIpc) is 2.40. The normalized spacial score (nSPS) is 23.9. The fourth-order valence-electron chi connectivity index (χ4n) is 2.56. The van der Waals surface area contributed by atoms with Crippen LogP contribution < -0.4 is 10.5 Å². The Hall–Kier alpha value is -1.06. The van der Waals surface area contributed by atoms with E-state index < -0.39 is 0 Å². The van der Waals surface area contributed by atoms with Crippen LogP contribution in [-0.4, -0.2) is 25.9 Å². The minimum Gasteiger partial charge on any atom is -0.490 e. The summed E-state index contributed by atoms with van der Waals surface area (Å²) in [5.41, 5.74) is 6.82. The number of benzene rings is 1. The highest BCUT2D eigenvalue weighted by Gasteiger charge is 2.22. The molecule has 1 saturated carbocycles. The second-order valence-electron chi connectivity index (χ2n) is 4.95. The first-order valence-electron chi connectivity index (χ1n) is 6.80. The van der Waals surface area contributed by atoms with Gasteiger partial charge in [0.05, 0.1) is 6.10 Å². The minimum absolute atomic E-state index is 0.289. The molecule has 3 heteroatoms. The molecule has 2 unspecified atom stereocenters. The monoisotopic (exact) mass is 249 g/mol. The van der Waals surface area contributed by atoms with Crippen molar-refractivity contribution >= 4 is 0 Å². The third-order valence-electron chi connectivity index (χ3n) is 3.55. The molecule has 0 spiro atoms. The van der Waals surface area contributed by atoms with E-state index in [4.69, 9.17) is 15.2 Å². The fourth-order valence-corrected chi connectivity index (χ4v) is 2.56. The Morgan fingerprint density at radius 3 is 2.89 bits per heavy atom. The summed E-state index contributed by atoms with van der Waals surface area (Å²) in [7, 11) is 1.79. The van der Waals surface area contributed by atoms with Gasteiger partial charge in [-0.3, -0.25) is 0 Å². The zero-order chi connectivity index (χ0) is 12.8. The van der Waals surface area contributed by atoms with Gasteiger partial charge in [-0.25, -0.2) is 0 Å². The zero-order valence-corrected chi connectivity index (χ0v) is 11.1. The van der Waals surface area contributed by atoms with Gasteiger partial charge in [0.2, 0.25) is 0 Å². The number of rotatable bonds is 5. The second-order valence-corrected chi connectivity index (χ2v) is 4.95. The highest BCUT2D eigenvalue weighted by Crippen LogP contribution is 2.25. The molecule has 1 aromatic carbocycles. The lowest BCUT2D eigenvalue weighted by Crippen LogP contribution is -2.29. The molecular formula is C15H23NO2. The van der Waals surface area contributed by atoms with Gasteiger partial charge in [0.1, 0.15) is 11.9 Å². The topological polar surface area (TPSA) is 44.5 Å². The van der Waals surface area contributed by atoms with Crippen molar-refractivity contribution in [3.8, 4) is 5.75 Å². The Morgan fingerprint density at radius 2 is 2.11 bits per heavy atom. The van der Waals surface area contributed by atoms with Gasteiger partial charge in [-0.1, -0.05) is 12.1 Å². The van der Waals surface area contributed by atoms with Crippen molar-refractivity contribution in [3.63, 3.8) is 0 Å². The van der Waals surface area contributed by atoms with Crippen molar-refractivity contribution < 1.29 is 9.47 Å². The molecular weight excluding hydrogens is 226 g/mol. The molecule has 0 amide bonds. The summed E-state index contributed by atoms with van der Waals surface area (Å²) in [4.78, 5) is 0. The van der Waals surface area contributed by atoms with Crippen LogP contribution in [0.4, 0.5) is 0 Å². The van der Waals surface area contributed by atoms with Crippen LogP contribution >= 0.6 is 0 Å². The molecule has 0 heterocycles. The maximum absolute atomic E-state index is 6.05. The van der Waals surface area contributed by atoms with Crippen molar-refractivity contribution in [3.05, 3.63) is 29.8 Å². The van der Waals surface area contributed by atoms with Crippen molar-refractivity contribution in [1.82, 2.24) is 0 Å². The summed E-state index contributed by atoms with van der Waals surface area (Å²) in [6.07, 6.45) is 6.02. The predicted molar refractivity (Wildman–Crippen MR) is 72.9 cm³/mol. The summed E-state index contributed by atoms with van der Waals surface area (Å²) in [6, 6.07) is 8.26. The highest BCUT2D eigenvalue weighted by molar-refractivity contribution is 5.29. The molecule has 0 aliphatic heterocycles. The van der Waals surface area contributed by atoms with Crippen LogP contribution in [0.15, 0.2) is 24.3 Å². The van der Waals surface area contributed by atoms with Crippen molar-refractivity contribution in [2.45, 2.75) is 44.3 Å². The van der Waals surface area contributed by atoms with E-state index in [0.29, 0.717) is 12.6 Å². The molecule has 3 nitrogen and oxygen atoms in total. The summed E-state index contributed by atoms with van der Waals surface area (Å²) >= 11 is 0. The van der Waals surface area contributed by atoms with Crippen LogP contribution in [-0.2, 0) is 11.2 Å². The van der Waals surface area contributed by atoms with E-state index in [2.05, 4.69) is 12.1 Å². The van der Waals surface area contributed by atoms with E-state index in [0.717, 1.165) is 31.4 Å². The molecule has 0 saturated heterocycles. The Kier molecular flexibility index (Phi) is 5.02. The number of nitrogens with two attached hydrogens (primary N) is 1. The largest absolute Gasteiger partial charge is 0.490 e. The number of methoxy groups -OCH3 is 1. The van der Waals surface area contributed by atoms with Crippen molar-refractivity contribution in [2.75, 3.05) is 13.7 Å². The Bertz CT molecular complexity index is 367. The Balaban J connectivity index is 1.93. The molecule has 1 aromatic rings. The Morgan fingerprint density at radius 1 is 1.28 bits per heavy atom. The zero-order valence-electron chi connectivity index (χ0n) is 11.1. The minimum atomic E-state index is 0.289. The molecule has 100 valence electrons. The SMILES string of the molecule is COC1CCCC(Oc2cccc(CCN)c2)C1. The van der Waals surface area contributed by atoms with Gasteiger partial charge < -0.3 is 15.2 Å².